The van der Waals surface area contributed by atoms with Gasteiger partial charge in [0.25, 0.3) is 5.91 Å². The lowest BCUT2D eigenvalue weighted by Crippen LogP contribution is -2.25. The first-order chi connectivity index (χ1) is 10.6. The number of nitrogens with one attached hydrogen (secondary N) is 2. The Morgan fingerprint density at radius 3 is 2.77 bits per heavy atom. The van der Waals surface area contributed by atoms with E-state index in [0.717, 1.165) is 0 Å². The van der Waals surface area contributed by atoms with Crippen LogP contribution in [0.2, 0.25) is 0 Å². The fraction of sp³-hybridized carbons (Fsp3) is 0.235. The van der Waals surface area contributed by atoms with Crippen LogP contribution in [0.15, 0.2) is 43.0 Å². The number of benzene rings is 1. The quantitative estimate of drug-likeness (QED) is 0.804. The topological polar surface area (TPSA) is 66.9 Å². The van der Waals surface area contributed by atoms with Gasteiger partial charge in [0.1, 0.15) is 17.3 Å². The normalized spacial score (nSPS) is 10.1. The van der Waals surface area contributed by atoms with E-state index in [-0.39, 0.29) is 5.91 Å². The average Bonchev–Trinajstić information content (AvgIpc) is 2.51. The molecule has 5 nitrogen and oxygen atoms in total. The van der Waals surface area contributed by atoms with Gasteiger partial charge in [-0.15, -0.1) is 6.58 Å². The van der Waals surface area contributed by atoms with Crippen molar-refractivity contribution < 1.29 is 4.79 Å². The number of hydrogen-bond acceptors (Lipinski definition) is 4. The number of carbonyl (C=O) groups is 1. The van der Waals surface area contributed by atoms with Crippen molar-refractivity contribution in [2.75, 3.05) is 11.9 Å². The van der Waals surface area contributed by atoms with Gasteiger partial charge < -0.3 is 10.6 Å². The van der Waals surface area contributed by atoms with E-state index in [1.165, 1.54) is 11.1 Å². The first-order valence-electron chi connectivity index (χ1n) is 7.13. The van der Waals surface area contributed by atoms with Gasteiger partial charge in [-0.1, -0.05) is 30.3 Å². The van der Waals surface area contributed by atoms with Gasteiger partial charge in [0.05, 0.1) is 0 Å². The predicted octanol–water partition coefficient (Wildman–Crippen LogP) is 2.62. The largest absolute Gasteiger partial charge is 0.366 e. The molecule has 2 aromatic rings. The van der Waals surface area contributed by atoms with E-state index in [1.807, 2.05) is 12.1 Å². The maximum Gasteiger partial charge on any atom is 0.270 e. The lowest BCUT2D eigenvalue weighted by atomic mass is 10.1. The molecule has 1 amide bonds. The molecule has 0 unspecified atom stereocenters. The fourth-order valence-electron chi connectivity index (χ4n) is 2.02. The molecule has 114 valence electrons. The highest BCUT2D eigenvalue weighted by Gasteiger charge is 2.09. The number of anilines is 1. The number of aromatic nitrogens is 2. The molecule has 1 aromatic carbocycles. The Hall–Kier alpha value is -2.69. The Kier molecular flexibility index (Phi) is 5.25. The smallest absolute Gasteiger partial charge is 0.270 e. The fourth-order valence-corrected chi connectivity index (χ4v) is 2.02. The summed E-state index contributed by atoms with van der Waals surface area (Å²) in [7, 11) is 0. The molecule has 1 heterocycles. The van der Waals surface area contributed by atoms with Crippen LogP contribution in [-0.4, -0.2) is 22.4 Å². The van der Waals surface area contributed by atoms with E-state index in [9.17, 15) is 4.79 Å². The molecule has 0 fully saturated rings. The van der Waals surface area contributed by atoms with Crippen LogP contribution in [0.5, 0.6) is 0 Å². The van der Waals surface area contributed by atoms with Crippen molar-refractivity contribution in [3.05, 3.63) is 65.6 Å². The van der Waals surface area contributed by atoms with Crippen LogP contribution in [0.3, 0.4) is 0 Å². The third-order valence-corrected chi connectivity index (χ3v) is 3.20. The van der Waals surface area contributed by atoms with Gasteiger partial charge in [0.15, 0.2) is 0 Å². The number of aryl methyl sites for hydroxylation is 2. The number of rotatable bonds is 6. The summed E-state index contributed by atoms with van der Waals surface area (Å²) >= 11 is 0. The molecule has 0 aliphatic carbocycles. The molecule has 22 heavy (non-hydrogen) atoms. The average molecular weight is 296 g/mol. The maximum absolute atomic E-state index is 12.0. The highest BCUT2D eigenvalue weighted by atomic mass is 16.1. The summed E-state index contributed by atoms with van der Waals surface area (Å²) in [5, 5.41) is 5.95. The van der Waals surface area contributed by atoms with Crippen LogP contribution < -0.4 is 10.6 Å². The van der Waals surface area contributed by atoms with Gasteiger partial charge >= 0.3 is 0 Å². The van der Waals surface area contributed by atoms with Gasteiger partial charge in [-0.3, -0.25) is 4.79 Å². The molecule has 5 heteroatoms. The lowest BCUT2D eigenvalue weighted by molar-refractivity contribution is 0.0952. The second kappa shape index (κ2) is 7.36. The minimum absolute atomic E-state index is 0.232. The summed E-state index contributed by atoms with van der Waals surface area (Å²) < 4.78 is 0. The number of hydrogen-bond donors (Lipinski definition) is 2. The zero-order valence-corrected chi connectivity index (χ0v) is 12.9. The van der Waals surface area contributed by atoms with Gasteiger partial charge in [0, 0.05) is 19.2 Å². The Balaban J connectivity index is 2.11. The van der Waals surface area contributed by atoms with Crippen LogP contribution in [0.25, 0.3) is 0 Å². The molecule has 0 bridgehead atoms. The monoisotopic (exact) mass is 296 g/mol. The summed E-state index contributed by atoms with van der Waals surface area (Å²) in [5.74, 6) is 0.961. The van der Waals surface area contributed by atoms with Gasteiger partial charge in [0.2, 0.25) is 0 Å². The van der Waals surface area contributed by atoms with Crippen LogP contribution in [0.1, 0.15) is 27.4 Å². The molecule has 0 spiro atoms. The number of amides is 1. The molecule has 0 saturated carbocycles. The van der Waals surface area contributed by atoms with Crippen LogP contribution in [-0.2, 0) is 6.54 Å². The van der Waals surface area contributed by atoms with Crippen LogP contribution in [0.4, 0.5) is 5.82 Å². The van der Waals surface area contributed by atoms with Crippen molar-refractivity contribution in [2.24, 2.45) is 0 Å². The number of carbonyl (C=O) groups excluding carboxylic acids is 1. The van der Waals surface area contributed by atoms with Crippen molar-refractivity contribution in [1.29, 1.82) is 0 Å². The minimum Gasteiger partial charge on any atom is -0.366 e. The molecule has 1 aromatic heterocycles. The summed E-state index contributed by atoms with van der Waals surface area (Å²) in [6, 6.07) is 9.80. The van der Waals surface area contributed by atoms with Gasteiger partial charge in [-0.05, 0) is 25.0 Å². The molecular formula is C17H20N4O. The zero-order valence-electron chi connectivity index (χ0n) is 12.9. The van der Waals surface area contributed by atoms with E-state index in [4.69, 9.17) is 0 Å². The van der Waals surface area contributed by atoms with Crippen LogP contribution in [0, 0.1) is 13.8 Å². The molecule has 2 rings (SSSR count). The predicted molar refractivity (Wildman–Crippen MR) is 87.8 cm³/mol. The summed E-state index contributed by atoms with van der Waals surface area (Å²) in [6.45, 7) is 8.47. The molecule has 0 radical (unpaired) electrons. The zero-order chi connectivity index (χ0) is 15.9. The van der Waals surface area contributed by atoms with Gasteiger partial charge in [-0.25, -0.2) is 9.97 Å². The SMILES string of the molecule is C=CCNC(=O)c1cc(NCc2ccccc2C)nc(C)n1. The van der Waals surface area contributed by atoms with E-state index in [1.54, 1.807) is 19.1 Å². The third-order valence-electron chi connectivity index (χ3n) is 3.20. The Morgan fingerprint density at radius 1 is 1.27 bits per heavy atom. The second-order valence-corrected chi connectivity index (χ2v) is 4.96. The molecule has 0 aliphatic heterocycles. The number of nitrogens with zero attached hydrogens (tertiary/aromatic N) is 2. The highest BCUT2D eigenvalue weighted by molar-refractivity contribution is 5.93. The van der Waals surface area contributed by atoms with E-state index in [0.29, 0.717) is 30.4 Å². The van der Waals surface area contributed by atoms with E-state index >= 15 is 0 Å². The third kappa shape index (κ3) is 4.15. The first kappa shape index (κ1) is 15.7. The van der Waals surface area contributed by atoms with Crippen LogP contribution >= 0.6 is 0 Å². The standard InChI is InChI=1S/C17H20N4O/c1-4-9-18-17(22)15-10-16(21-13(3)20-15)19-11-14-8-6-5-7-12(14)2/h4-8,10H,1,9,11H2,2-3H3,(H,18,22)(H,19,20,21). The Labute approximate surface area is 130 Å². The highest BCUT2D eigenvalue weighted by Crippen LogP contribution is 2.11. The molecule has 0 saturated heterocycles. The first-order valence-corrected chi connectivity index (χ1v) is 7.13. The second-order valence-electron chi connectivity index (χ2n) is 4.96. The molecule has 2 N–H and O–H groups in total. The van der Waals surface area contributed by atoms with Gasteiger partial charge in [-0.2, -0.15) is 0 Å². The van der Waals surface area contributed by atoms with E-state index in [2.05, 4.69) is 46.2 Å². The van der Waals surface area contributed by atoms with Crippen molar-refractivity contribution in [3.8, 4) is 0 Å². The minimum atomic E-state index is -0.232. The lowest BCUT2D eigenvalue weighted by Gasteiger charge is -2.10. The maximum atomic E-state index is 12.0. The summed E-state index contributed by atoms with van der Waals surface area (Å²) in [4.78, 5) is 20.4. The Bertz CT molecular complexity index is 682. The van der Waals surface area contributed by atoms with Crippen molar-refractivity contribution in [2.45, 2.75) is 20.4 Å². The van der Waals surface area contributed by atoms with Crippen molar-refractivity contribution in [3.63, 3.8) is 0 Å². The molecule has 0 aliphatic rings. The summed E-state index contributed by atoms with van der Waals surface area (Å²) in [5.41, 5.74) is 2.75. The van der Waals surface area contributed by atoms with Crippen molar-refractivity contribution in [1.82, 2.24) is 15.3 Å². The summed E-state index contributed by atoms with van der Waals surface area (Å²) in [6.07, 6.45) is 1.63. The van der Waals surface area contributed by atoms with E-state index < -0.39 is 0 Å². The Morgan fingerprint density at radius 2 is 2.05 bits per heavy atom. The molecule has 0 atom stereocenters. The molecular weight excluding hydrogens is 276 g/mol. The van der Waals surface area contributed by atoms with Crippen molar-refractivity contribution >= 4 is 11.7 Å².